The highest BCUT2D eigenvalue weighted by Crippen LogP contribution is 2.10. The number of rotatable bonds is 7. The van der Waals surface area contributed by atoms with Gasteiger partial charge in [-0.3, -0.25) is 9.69 Å². The van der Waals surface area contributed by atoms with E-state index >= 15 is 0 Å². The van der Waals surface area contributed by atoms with Gasteiger partial charge in [0.25, 0.3) is 5.91 Å². The van der Waals surface area contributed by atoms with Crippen molar-refractivity contribution < 1.29 is 9.18 Å². The smallest absolute Gasteiger partial charge is 0.251 e. The highest BCUT2D eigenvalue weighted by atomic mass is 19.1. The third kappa shape index (κ3) is 4.90. The minimum Gasteiger partial charge on any atom is -0.348 e. The van der Waals surface area contributed by atoms with Crippen molar-refractivity contribution in [1.29, 1.82) is 0 Å². The Hall–Kier alpha value is -2.20. The normalized spacial score (nSPS) is 10.9. The Morgan fingerprint density at radius 1 is 1.04 bits per heavy atom. The van der Waals surface area contributed by atoms with Gasteiger partial charge in [0.15, 0.2) is 0 Å². The third-order valence-corrected chi connectivity index (χ3v) is 4.21. The molecular weight excluding hydrogens is 303 g/mol. The molecule has 0 aromatic heterocycles. The molecule has 0 unspecified atom stereocenters. The third-order valence-electron chi connectivity index (χ3n) is 4.21. The number of hydrogen-bond donors (Lipinski definition) is 1. The van der Waals surface area contributed by atoms with E-state index in [4.69, 9.17) is 0 Å². The lowest BCUT2D eigenvalue weighted by molar-refractivity contribution is 0.0950. The molecule has 0 aliphatic rings. The summed E-state index contributed by atoms with van der Waals surface area (Å²) in [4.78, 5) is 14.4. The van der Waals surface area contributed by atoms with E-state index in [1.54, 1.807) is 19.1 Å². The van der Waals surface area contributed by atoms with Gasteiger partial charge in [-0.2, -0.15) is 0 Å². The van der Waals surface area contributed by atoms with Crippen molar-refractivity contribution in [3.8, 4) is 0 Å². The first kappa shape index (κ1) is 18.1. The largest absolute Gasteiger partial charge is 0.348 e. The summed E-state index contributed by atoms with van der Waals surface area (Å²) >= 11 is 0. The van der Waals surface area contributed by atoms with Crippen molar-refractivity contribution >= 4 is 5.91 Å². The molecule has 0 heterocycles. The Labute approximate surface area is 143 Å². The minimum absolute atomic E-state index is 0.263. The van der Waals surface area contributed by atoms with E-state index in [0.717, 1.165) is 25.2 Å². The molecule has 3 nitrogen and oxygen atoms in total. The van der Waals surface area contributed by atoms with E-state index < -0.39 is 0 Å². The van der Waals surface area contributed by atoms with Crippen LogP contribution in [0, 0.1) is 12.7 Å². The lowest BCUT2D eigenvalue weighted by Crippen LogP contribution is -2.23. The molecule has 2 aromatic carbocycles. The predicted octanol–water partition coefficient (Wildman–Crippen LogP) is 3.91. The molecule has 0 saturated carbocycles. The van der Waals surface area contributed by atoms with Crippen LogP contribution in [0.1, 0.15) is 40.9 Å². The van der Waals surface area contributed by atoms with Gasteiger partial charge in [0, 0.05) is 18.7 Å². The Morgan fingerprint density at radius 3 is 2.25 bits per heavy atom. The number of amides is 1. The number of nitrogens with one attached hydrogen (secondary N) is 1. The molecular formula is C20H25FN2O. The molecule has 1 amide bonds. The molecule has 0 aliphatic carbocycles. The number of carbonyl (C=O) groups is 1. The monoisotopic (exact) mass is 328 g/mol. The minimum atomic E-state index is -0.358. The maximum Gasteiger partial charge on any atom is 0.251 e. The molecule has 0 spiro atoms. The van der Waals surface area contributed by atoms with Crippen LogP contribution in [0.2, 0.25) is 0 Å². The molecule has 0 radical (unpaired) electrons. The van der Waals surface area contributed by atoms with Crippen molar-refractivity contribution in [1.82, 2.24) is 10.2 Å². The van der Waals surface area contributed by atoms with Crippen molar-refractivity contribution in [3.63, 3.8) is 0 Å². The predicted molar refractivity (Wildman–Crippen MR) is 95.4 cm³/mol. The number of hydrogen-bond acceptors (Lipinski definition) is 2. The second kappa shape index (κ2) is 8.60. The Morgan fingerprint density at radius 2 is 1.67 bits per heavy atom. The summed E-state index contributed by atoms with van der Waals surface area (Å²) in [6, 6.07) is 12.8. The van der Waals surface area contributed by atoms with Crippen LogP contribution < -0.4 is 5.32 Å². The van der Waals surface area contributed by atoms with Gasteiger partial charge in [0.05, 0.1) is 0 Å². The summed E-state index contributed by atoms with van der Waals surface area (Å²) in [5, 5.41) is 2.83. The fourth-order valence-corrected chi connectivity index (χ4v) is 2.49. The highest BCUT2D eigenvalue weighted by Gasteiger charge is 2.08. The summed E-state index contributed by atoms with van der Waals surface area (Å²) in [5.41, 5.74) is 3.17. The standard InChI is InChI=1S/C20H25FN2O/c1-4-23(5-2)14-17-9-7-16(8-10-17)13-22-20(24)18-11-6-15(3)19(21)12-18/h6-12H,4-5,13-14H2,1-3H3,(H,22,24). The van der Waals surface area contributed by atoms with E-state index in [0.29, 0.717) is 17.7 Å². The Balaban J connectivity index is 1.91. The van der Waals surface area contributed by atoms with E-state index in [1.165, 1.54) is 11.6 Å². The van der Waals surface area contributed by atoms with Gasteiger partial charge in [0.1, 0.15) is 5.82 Å². The van der Waals surface area contributed by atoms with Crippen LogP contribution in [0.15, 0.2) is 42.5 Å². The molecule has 2 rings (SSSR count). The van der Waals surface area contributed by atoms with Crippen molar-refractivity contribution in [3.05, 3.63) is 70.5 Å². The van der Waals surface area contributed by atoms with Crippen molar-refractivity contribution in [2.75, 3.05) is 13.1 Å². The van der Waals surface area contributed by atoms with Gasteiger partial charge in [-0.1, -0.05) is 44.2 Å². The fraction of sp³-hybridized carbons (Fsp3) is 0.350. The van der Waals surface area contributed by atoms with Gasteiger partial charge in [-0.25, -0.2) is 4.39 Å². The second-order valence-corrected chi connectivity index (χ2v) is 5.92. The molecule has 0 saturated heterocycles. The molecule has 1 N–H and O–H groups in total. The van der Waals surface area contributed by atoms with Crippen LogP contribution in [-0.4, -0.2) is 23.9 Å². The molecule has 24 heavy (non-hydrogen) atoms. The van der Waals surface area contributed by atoms with Crippen LogP contribution >= 0.6 is 0 Å². The number of benzene rings is 2. The lowest BCUT2D eigenvalue weighted by atomic mass is 10.1. The van der Waals surface area contributed by atoms with Crippen LogP contribution in [0.5, 0.6) is 0 Å². The van der Waals surface area contributed by atoms with Crippen molar-refractivity contribution in [2.24, 2.45) is 0 Å². The molecule has 0 atom stereocenters. The number of carbonyl (C=O) groups excluding carboxylic acids is 1. The average molecular weight is 328 g/mol. The first-order valence-corrected chi connectivity index (χ1v) is 8.38. The molecule has 128 valence electrons. The van der Waals surface area contributed by atoms with Crippen LogP contribution in [-0.2, 0) is 13.1 Å². The number of aryl methyl sites for hydroxylation is 1. The van der Waals surface area contributed by atoms with Gasteiger partial charge < -0.3 is 5.32 Å². The topological polar surface area (TPSA) is 32.3 Å². The van der Waals surface area contributed by atoms with Crippen LogP contribution in [0.4, 0.5) is 4.39 Å². The molecule has 0 aliphatic heterocycles. The number of halogens is 1. The van der Waals surface area contributed by atoms with Gasteiger partial charge in [-0.15, -0.1) is 0 Å². The summed E-state index contributed by atoms with van der Waals surface area (Å²) in [5.74, 6) is -0.621. The average Bonchev–Trinajstić information content (AvgIpc) is 2.61. The first-order valence-electron chi connectivity index (χ1n) is 8.38. The molecule has 0 bridgehead atoms. The van der Waals surface area contributed by atoms with E-state index in [2.05, 4.69) is 36.2 Å². The van der Waals surface area contributed by atoms with Gasteiger partial charge in [0.2, 0.25) is 0 Å². The number of nitrogens with zero attached hydrogens (tertiary/aromatic N) is 1. The van der Waals surface area contributed by atoms with E-state index in [1.807, 2.05) is 12.1 Å². The quantitative estimate of drug-likeness (QED) is 0.836. The molecule has 0 fully saturated rings. The fourth-order valence-electron chi connectivity index (χ4n) is 2.49. The lowest BCUT2D eigenvalue weighted by Gasteiger charge is -2.18. The highest BCUT2D eigenvalue weighted by molar-refractivity contribution is 5.94. The zero-order valence-electron chi connectivity index (χ0n) is 14.6. The van der Waals surface area contributed by atoms with Gasteiger partial charge in [-0.05, 0) is 48.8 Å². The van der Waals surface area contributed by atoms with E-state index in [-0.39, 0.29) is 11.7 Å². The SMILES string of the molecule is CCN(CC)Cc1ccc(CNC(=O)c2ccc(C)c(F)c2)cc1. The van der Waals surface area contributed by atoms with Crippen LogP contribution in [0.3, 0.4) is 0 Å². The second-order valence-electron chi connectivity index (χ2n) is 5.92. The summed E-state index contributed by atoms with van der Waals surface area (Å²) in [6.45, 7) is 9.41. The summed E-state index contributed by atoms with van der Waals surface area (Å²) in [7, 11) is 0. The Kier molecular flexibility index (Phi) is 6.50. The molecule has 2 aromatic rings. The first-order chi connectivity index (χ1) is 11.5. The zero-order chi connectivity index (χ0) is 17.5. The maximum absolute atomic E-state index is 13.5. The van der Waals surface area contributed by atoms with Crippen molar-refractivity contribution in [2.45, 2.75) is 33.9 Å². The molecule has 4 heteroatoms. The van der Waals surface area contributed by atoms with E-state index in [9.17, 15) is 9.18 Å². The summed E-state index contributed by atoms with van der Waals surface area (Å²) < 4.78 is 13.5. The maximum atomic E-state index is 13.5. The summed E-state index contributed by atoms with van der Waals surface area (Å²) in [6.07, 6.45) is 0. The Bertz CT molecular complexity index is 679. The van der Waals surface area contributed by atoms with Gasteiger partial charge >= 0.3 is 0 Å². The van der Waals surface area contributed by atoms with Crippen LogP contribution in [0.25, 0.3) is 0 Å². The zero-order valence-corrected chi connectivity index (χ0v) is 14.6.